The van der Waals surface area contributed by atoms with E-state index in [1.165, 1.54) is 0 Å². The lowest BCUT2D eigenvalue weighted by Crippen LogP contribution is -2.17. The van der Waals surface area contributed by atoms with Gasteiger partial charge in [-0.3, -0.25) is 0 Å². The lowest BCUT2D eigenvalue weighted by atomic mass is 10.1. The third kappa shape index (κ3) is 1.86. The van der Waals surface area contributed by atoms with Crippen LogP contribution in [-0.4, -0.2) is 12.6 Å². The number of nitrogen functional groups attached to an aromatic ring is 1. The van der Waals surface area contributed by atoms with Gasteiger partial charge in [0.15, 0.2) is 5.75 Å². The maximum Gasteiger partial charge on any atom is 0.373 e. The number of hydrogen-bond acceptors (Lipinski definition) is 4. The number of para-hydroxylation sites is 1. The van der Waals surface area contributed by atoms with E-state index in [1.54, 1.807) is 19.1 Å². The number of carbonyl (C=O) groups excluding carboxylic acids is 1. The van der Waals surface area contributed by atoms with Gasteiger partial charge in [-0.15, -0.1) is 0 Å². The van der Waals surface area contributed by atoms with E-state index in [9.17, 15) is 4.79 Å². The van der Waals surface area contributed by atoms with E-state index in [2.05, 4.69) is 0 Å². The van der Waals surface area contributed by atoms with Gasteiger partial charge in [-0.05, 0) is 25.5 Å². The number of anilines is 1. The second-order valence-electron chi connectivity index (χ2n) is 3.43. The molecule has 0 spiro atoms. The Kier molecular flexibility index (Phi) is 2.81. The molecule has 2 N–H and O–H groups in total. The van der Waals surface area contributed by atoms with Gasteiger partial charge in [-0.1, -0.05) is 12.1 Å². The Morgan fingerprint density at radius 3 is 3.12 bits per heavy atom. The number of rotatable bonds is 2. The van der Waals surface area contributed by atoms with E-state index in [-0.39, 0.29) is 5.76 Å². The molecular weight excluding hydrogens is 206 g/mol. The number of nitrogens with two attached hydrogens (primary N) is 1. The van der Waals surface area contributed by atoms with Crippen LogP contribution in [0.25, 0.3) is 0 Å². The first-order valence-electron chi connectivity index (χ1n) is 5.15. The molecule has 1 aromatic rings. The van der Waals surface area contributed by atoms with Crippen molar-refractivity contribution in [3.8, 4) is 5.75 Å². The van der Waals surface area contributed by atoms with Crippen LogP contribution >= 0.6 is 0 Å². The molecule has 2 rings (SSSR count). The summed E-state index contributed by atoms with van der Waals surface area (Å²) in [6.07, 6.45) is 2.34. The SMILES string of the molecule is CCOC(=O)C1=CCc2cccc(N)c2O1. The van der Waals surface area contributed by atoms with Crippen LogP contribution in [0.1, 0.15) is 12.5 Å². The minimum Gasteiger partial charge on any atom is -0.460 e. The summed E-state index contributed by atoms with van der Waals surface area (Å²) in [6.45, 7) is 2.08. The van der Waals surface area contributed by atoms with Crippen molar-refractivity contribution < 1.29 is 14.3 Å². The van der Waals surface area contributed by atoms with Gasteiger partial charge in [0.05, 0.1) is 12.3 Å². The molecule has 84 valence electrons. The van der Waals surface area contributed by atoms with Gasteiger partial charge in [-0.25, -0.2) is 4.79 Å². The van der Waals surface area contributed by atoms with E-state index < -0.39 is 5.97 Å². The minimum absolute atomic E-state index is 0.215. The zero-order valence-electron chi connectivity index (χ0n) is 9.03. The highest BCUT2D eigenvalue weighted by atomic mass is 16.6. The molecule has 4 nitrogen and oxygen atoms in total. The highest BCUT2D eigenvalue weighted by Crippen LogP contribution is 2.32. The Labute approximate surface area is 93.7 Å². The number of fused-ring (bicyclic) bond motifs is 1. The van der Waals surface area contributed by atoms with E-state index in [0.29, 0.717) is 24.5 Å². The molecule has 0 atom stereocenters. The van der Waals surface area contributed by atoms with Crippen LogP contribution in [0.5, 0.6) is 5.75 Å². The summed E-state index contributed by atoms with van der Waals surface area (Å²) in [7, 11) is 0. The molecule has 0 fully saturated rings. The molecule has 0 saturated heterocycles. The summed E-state index contributed by atoms with van der Waals surface area (Å²) in [5.41, 5.74) is 7.29. The van der Waals surface area contributed by atoms with Crippen molar-refractivity contribution in [2.75, 3.05) is 12.3 Å². The van der Waals surface area contributed by atoms with E-state index in [1.807, 2.05) is 12.1 Å². The number of hydrogen-bond donors (Lipinski definition) is 1. The lowest BCUT2D eigenvalue weighted by Gasteiger charge is -2.18. The Hall–Kier alpha value is -1.97. The summed E-state index contributed by atoms with van der Waals surface area (Å²) in [4.78, 5) is 11.5. The average Bonchev–Trinajstić information content (AvgIpc) is 2.29. The summed E-state index contributed by atoms with van der Waals surface area (Å²) < 4.78 is 10.3. The fourth-order valence-corrected chi connectivity index (χ4v) is 1.57. The van der Waals surface area contributed by atoms with Gasteiger partial charge in [-0.2, -0.15) is 0 Å². The first kappa shape index (κ1) is 10.5. The fraction of sp³-hybridized carbons (Fsp3) is 0.250. The van der Waals surface area contributed by atoms with Crippen LogP contribution in [0.3, 0.4) is 0 Å². The lowest BCUT2D eigenvalue weighted by molar-refractivity contribution is -0.141. The summed E-state index contributed by atoms with van der Waals surface area (Å²) >= 11 is 0. The van der Waals surface area contributed by atoms with E-state index >= 15 is 0 Å². The molecule has 0 aromatic heterocycles. The van der Waals surface area contributed by atoms with Crippen molar-refractivity contribution in [1.29, 1.82) is 0 Å². The van der Waals surface area contributed by atoms with Crippen molar-refractivity contribution in [2.24, 2.45) is 0 Å². The smallest absolute Gasteiger partial charge is 0.373 e. The zero-order chi connectivity index (χ0) is 11.5. The summed E-state index contributed by atoms with van der Waals surface area (Å²) in [5, 5.41) is 0. The van der Waals surface area contributed by atoms with Crippen LogP contribution in [0.4, 0.5) is 5.69 Å². The van der Waals surface area contributed by atoms with Gasteiger partial charge < -0.3 is 15.2 Å². The predicted molar refractivity (Wildman–Crippen MR) is 59.9 cm³/mol. The number of esters is 1. The molecule has 1 aliphatic heterocycles. The topological polar surface area (TPSA) is 61.5 Å². The second-order valence-corrected chi connectivity index (χ2v) is 3.43. The Balaban J connectivity index is 2.23. The molecule has 0 radical (unpaired) electrons. The van der Waals surface area contributed by atoms with Crippen LogP contribution < -0.4 is 10.5 Å². The quantitative estimate of drug-likeness (QED) is 0.607. The number of ether oxygens (including phenoxy) is 2. The molecule has 0 saturated carbocycles. The molecule has 0 amide bonds. The van der Waals surface area contributed by atoms with Gasteiger partial charge in [0.25, 0.3) is 0 Å². The van der Waals surface area contributed by atoms with Gasteiger partial charge in [0.1, 0.15) is 0 Å². The normalized spacial score (nSPS) is 13.4. The van der Waals surface area contributed by atoms with Crippen LogP contribution in [-0.2, 0) is 16.0 Å². The fourth-order valence-electron chi connectivity index (χ4n) is 1.57. The van der Waals surface area contributed by atoms with Crippen molar-refractivity contribution >= 4 is 11.7 Å². The molecule has 1 aliphatic rings. The molecule has 16 heavy (non-hydrogen) atoms. The zero-order valence-corrected chi connectivity index (χ0v) is 9.03. The van der Waals surface area contributed by atoms with Gasteiger partial charge >= 0.3 is 5.97 Å². The average molecular weight is 219 g/mol. The van der Waals surface area contributed by atoms with Crippen LogP contribution in [0.2, 0.25) is 0 Å². The summed E-state index contributed by atoms with van der Waals surface area (Å²) in [6, 6.07) is 5.53. The second kappa shape index (κ2) is 4.26. The Morgan fingerprint density at radius 2 is 2.38 bits per heavy atom. The third-order valence-electron chi connectivity index (χ3n) is 2.32. The van der Waals surface area contributed by atoms with Crippen LogP contribution in [0, 0.1) is 0 Å². The number of benzene rings is 1. The summed E-state index contributed by atoms with van der Waals surface area (Å²) in [5.74, 6) is 0.330. The molecule has 0 aliphatic carbocycles. The van der Waals surface area contributed by atoms with Crippen molar-refractivity contribution in [3.63, 3.8) is 0 Å². The predicted octanol–water partition coefficient (Wildman–Crippen LogP) is 1.65. The Bertz CT molecular complexity index is 452. The minimum atomic E-state index is -0.448. The first-order chi connectivity index (χ1) is 7.72. The van der Waals surface area contributed by atoms with Crippen molar-refractivity contribution in [2.45, 2.75) is 13.3 Å². The monoisotopic (exact) mass is 219 g/mol. The maximum atomic E-state index is 11.5. The highest BCUT2D eigenvalue weighted by molar-refractivity contribution is 5.87. The molecular formula is C12H13NO3. The van der Waals surface area contributed by atoms with Crippen molar-refractivity contribution in [3.05, 3.63) is 35.6 Å². The van der Waals surface area contributed by atoms with Gasteiger partial charge in [0, 0.05) is 5.56 Å². The van der Waals surface area contributed by atoms with E-state index in [4.69, 9.17) is 15.2 Å². The number of allylic oxidation sites excluding steroid dienone is 1. The molecule has 1 heterocycles. The maximum absolute atomic E-state index is 11.5. The molecule has 4 heteroatoms. The van der Waals surface area contributed by atoms with Crippen molar-refractivity contribution in [1.82, 2.24) is 0 Å². The largest absolute Gasteiger partial charge is 0.460 e. The Morgan fingerprint density at radius 1 is 1.56 bits per heavy atom. The number of carbonyl (C=O) groups is 1. The van der Waals surface area contributed by atoms with E-state index in [0.717, 1.165) is 5.56 Å². The molecule has 0 bridgehead atoms. The molecule has 1 aromatic carbocycles. The highest BCUT2D eigenvalue weighted by Gasteiger charge is 2.20. The first-order valence-corrected chi connectivity index (χ1v) is 5.15. The molecule has 0 unspecified atom stereocenters. The third-order valence-corrected chi connectivity index (χ3v) is 2.32. The standard InChI is InChI=1S/C12H13NO3/c1-2-15-12(14)10-7-6-8-4-3-5-9(13)11(8)16-10/h3-5,7H,2,6,13H2,1H3. The van der Waals surface area contributed by atoms with Gasteiger partial charge in [0.2, 0.25) is 5.76 Å². The van der Waals surface area contributed by atoms with Crippen LogP contribution in [0.15, 0.2) is 30.0 Å².